The second-order valence-electron chi connectivity index (χ2n) is 3.55. The number of pyridine rings is 1. The van der Waals surface area contributed by atoms with E-state index in [1.54, 1.807) is 0 Å². The first-order chi connectivity index (χ1) is 9.62. The maximum Gasteiger partial charge on any atom is 0.337 e. The Morgan fingerprint density at radius 1 is 1.10 bits per heavy atom. The van der Waals surface area contributed by atoms with E-state index >= 15 is 0 Å². The molecule has 2 aromatic rings. The van der Waals surface area contributed by atoms with Crippen molar-refractivity contribution in [2.24, 2.45) is 0 Å². The molecule has 2 aromatic heterocycles. The summed E-state index contributed by atoms with van der Waals surface area (Å²) in [6.45, 7) is 0. The van der Waals surface area contributed by atoms with Gasteiger partial charge in [-0.25, -0.2) is 4.79 Å². The van der Waals surface area contributed by atoms with Gasteiger partial charge in [0.05, 0.1) is 32.0 Å². The molecule has 0 atom stereocenters. The van der Waals surface area contributed by atoms with E-state index in [0.717, 1.165) is 0 Å². The fourth-order valence-electron chi connectivity index (χ4n) is 1.34. The van der Waals surface area contributed by atoms with Crippen LogP contribution in [0.2, 0.25) is 0 Å². The Morgan fingerprint density at radius 2 is 1.75 bits per heavy atom. The molecule has 0 aromatic carbocycles. The number of hydrogen-bond acceptors (Lipinski definition) is 7. The van der Waals surface area contributed by atoms with Gasteiger partial charge in [-0.05, 0) is 6.07 Å². The van der Waals surface area contributed by atoms with E-state index < -0.39 is 5.97 Å². The highest BCUT2D eigenvalue weighted by Crippen LogP contribution is 2.23. The van der Waals surface area contributed by atoms with Crippen LogP contribution in [0.4, 0.5) is 0 Å². The fourth-order valence-corrected chi connectivity index (χ4v) is 1.34. The first-order valence-corrected chi connectivity index (χ1v) is 5.45. The first kappa shape index (κ1) is 13.5. The summed E-state index contributed by atoms with van der Waals surface area (Å²) in [7, 11) is 2.89. The molecule has 0 saturated carbocycles. The maximum atomic E-state index is 10.8. The largest absolute Gasteiger partial charge is 0.481 e. The van der Waals surface area contributed by atoms with Crippen LogP contribution in [0.5, 0.6) is 23.5 Å². The number of carbonyl (C=O) groups is 1. The molecule has 0 amide bonds. The van der Waals surface area contributed by atoms with Crippen molar-refractivity contribution < 1.29 is 24.1 Å². The average molecular weight is 277 g/mol. The Kier molecular flexibility index (Phi) is 3.94. The van der Waals surface area contributed by atoms with Crippen LogP contribution >= 0.6 is 0 Å². The van der Waals surface area contributed by atoms with Gasteiger partial charge in [0.25, 0.3) is 0 Å². The Hall–Kier alpha value is -2.90. The van der Waals surface area contributed by atoms with E-state index in [1.807, 2.05) is 0 Å². The summed E-state index contributed by atoms with van der Waals surface area (Å²) >= 11 is 0. The van der Waals surface area contributed by atoms with Crippen molar-refractivity contribution in [3.8, 4) is 23.5 Å². The highest BCUT2D eigenvalue weighted by Gasteiger charge is 2.10. The number of methoxy groups -OCH3 is 2. The van der Waals surface area contributed by atoms with Gasteiger partial charge in [0.15, 0.2) is 0 Å². The highest BCUT2D eigenvalue weighted by atomic mass is 16.5. The van der Waals surface area contributed by atoms with Crippen molar-refractivity contribution in [2.45, 2.75) is 0 Å². The molecular weight excluding hydrogens is 266 g/mol. The Balaban J connectivity index is 2.29. The van der Waals surface area contributed by atoms with Gasteiger partial charge in [0.1, 0.15) is 5.75 Å². The van der Waals surface area contributed by atoms with E-state index in [1.165, 1.54) is 38.7 Å². The van der Waals surface area contributed by atoms with Gasteiger partial charge in [-0.3, -0.25) is 4.98 Å². The Morgan fingerprint density at radius 3 is 2.30 bits per heavy atom. The third kappa shape index (κ3) is 3.10. The summed E-state index contributed by atoms with van der Waals surface area (Å²) in [6.07, 6.45) is 2.56. The van der Waals surface area contributed by atoms with Gasteiger partial charge in [-0.2, -0.15) is 9.97 Å². The average Bonchev–Trinajstić information content (AvgIpc) is 2.47. The Labute approximate surface area is 114 Å². The number of rotatable bonds is 5. The van der Waals surface area contributed by atoms with Gasteiger partial charge < -0.3 is 19.3 Å². The summed E-state index contributed by atoms with van der Waals surface area (Å²) in [5, 5.41) is 8.87. The summed E-state index contributed by atoms with van der Waals surface area (Å²) in [4.78, 5) is 22.5. The number of carboxylic acids is 1. The molecule has 8 nitrogen and oxygen atoms in total. The fraction of sp³-hybridized carbons (Fsp3) is 0.167. The molecule has 0 saturated heterocycles. The number of aromatic nitrogens is 3. The highest BCUT2D eigenvalue weighted by molar-refractivity contribution is 5.87. The van der Waals surface area contributed by atoms with Crippen molar-refractivity contribution in [3.63, 3.8) is 0 Å². The zero-order valence-corrected chi connectivity index (χ0v) is 10.7. The molecule has 2 heterocycles. The van der Waals surface area contributed by atoms with Crippen LogP contribution in [0.1, 0.15) is 10.4 Å². The molecule has 0 aliphatic rings. The van der Waals surface area contributed by atoms with E-state index in [0.29, 0.717) is 0 Å². The molecule has 0 unspecified atom stereocenters. The summed E-state index contributed by atoms with van der Waals surface area (Å²) in [5.74, 6) is -0.393. The zero-order valence-electron chi connectivity index (χ0n) is 10.7. The third-order valence-corrected chi connectivity index (χ3v) is 2.25. The summed E-state index contributed by atoms with van der Waals surface area (Å²) in [5.41, 5.74) is -0.00244. The molecule has 0 radical (unpaired) electrons. The number of nitrogens with zero attached hydrogens (tertiary/aromatic N) is 3. The lowest BCUT2D eigenvalue weighted by atomic mass is 10.3. The maximum absolute atomic E-state index is 10.8. The standard InChI is InChI=1S/C12H11N3O5/c1-18-9-4-10(19-2)15-12(14-9)20-8-3-7(11(16)17)5-13-6-8/h3-6H,1-2H3,(H,16,17). The summed E-state index contributed by atoms with van der Waals surface area (Å²) < 4.78 is 15.3. The molecule has 0 bridgehead atoms. The third-order valence-electron chi connectivity index (χ3n) is 2.25. The predicted octanol–water partition coefficient (Wildman–Crippen LogP) is 1.38. The molecule has 2 rings (SSSR count). The van der Waals surface area contributed by atoms with Crippen LogP contribution in [0.25, 0.3) is 0 Å². The predicted molar refractivity (Wildman–Crippen MR) is 66.4 cm³/mol. The second kappa shape index (κ2) is 5.83. The minimum Gasteiger partial charge on any atom is -0.481 e. The van der Waals surface area contributed by atoms with E-state index in [9.17, 15) is 4.79 Å². The molecule has 8 heteroatoms. The van der Waals surface area contributed by atoms with Gasteiger partial charge in [0, 0.05) is 6.20 Å². The topological polar surface area (TPSA) is 104 Å². The molecule has 104 valence electrons. The van der Waals surface area contributed by atoms with Crippen LogP contribution in [-0.4, -0.2) is 40.2 Å². The van der Waals surface area contributed by atoms with Crippen LogP contribution in [0, 0.1) is 0 Å². The van der Waals surface area contributed by atoms with Crippen LogP contribution < -0.4 is 14.2 Å². The molecule has 0 fully saturated rings. The van der Waals surface area contributed by atoms with Gasteiger partial charge in [-0.15, -0.1) is 0 Å². The lowest BCUT2D eigenvalue weighted by Crippen LogP contribution is -2.00. The summed E-state index contributed by atoms with van der Waals surface area (Å²) in [6, 6.07) is 2.76. The molecule has 20 heavy (non-hydrogen) atoms. The van der Waals surface area contributed by atoms with Gasteiger partial charge >= 0.3 is 12.0 Å². The first-order valence-electron chi connectivity index (χ1n) is 5.45. The minimum absolute atomic E-state index is 0.00244. The molecule has 0 aliphatic carbocycles. The lowest BCUT2D eigenvalue weighted by Gasteiger charge is -2.07. The van der Waals surface area contributed by atoms with Crippen molar-refractivity contribution >= 4 is 5.97 Å². The van der Waals surface area contributed by atoms with Crippen LogP contribution in [-0.2, 0) is 0 Å². The van der Waals surface area contributed by atoms with Gasteiger partial charge in [0.2, 0.25) is 11.8 Å². The number of hydrogen-bond donors (Lipinski definition) is 1. The van der Waals surface area contributed by atoms with E-state index in [4.69, 9.17) is 19.3 Å². The lowest BCUT2D eigenvalue weighted by molar-refractivity contribution is 0.0696. The van der Waals surface area contributed by atoms with E-state index in [2.05, 4.69) is 15.0 Å². The molecular formula is C12H11N3O5. The molecule has 0 spiro atoms. The Bertz CT molecular complexity index is 610. The normalized spacial score (nSPS) is 9.90. The van der Waals surface area contributed by atoms with E-state index in [-0.39, 0.29) is 29.1 Å². The van der Waals surface area contributed by atoms with Crippen molar-refractivity contribution in [3.05, 3.63) is 30.1 Å². The number of ether oxygens (including phenoxy) is 3. The molecule has 1 N–H and O–H groups in total. The molecule has 0 aliphatic heterocycles. The van der Waals surface area contributed by atoms with Crippen molar-refractivity contribution in [1.82, 2.24) is 15.0 Å². The van der Waals surface area contributed by atoms with Crippen molar-refractivity contribution in [2.75, 3.05) is 14.2 Å². The van der Waals surface area contributed by atoms with Crippen LogP contribution in [0.3, 0.4) is 0 Å². The zero-order chi connectivity index (χ0) is 14.5. The number of carboxylic acid groups (broad SMARTS) is 1. The van der Waals surface area contributed by atoms with Crippen molar-refractivity contribution in [1.29, 1.82) is 0 Å². The SMILES string of the molecule is COc1cc(OC)nc(Oc2cncc(C(=O)O)c2)n1. The monoisotopic (exact) mass is 277 g/mol. The van der Waals surface area contributed by atoms with Crippen LogP contribution in [0.15, 0.2) is 24.5 Å². The van der Waals surface area contributed by atoms with Gasteiger partial charge in [-0.1, -0.05) is 0 Å². The quantitative estimate of drug-likeness (QED) is 0.874. The number of aromatic carboxylic acids is 1. The second-order valence-corrected chi connectivity index (χ2v) is 3.55. The smallest absolute Gasteiger partial charge is 0.337 e. The minimum atomic E-state index is -1.10.